The van der Waals surface area contributed by atoms with Crippen LogP contribution in [0.5, 0.6) is 0 Å². The van der Waals surface area contributed by atoms with Gasteiger partial charge in [-0.05, 0) is 91.1 Å². The second kappa shape index (κ2) is 15.2. The van der Waals surface area contributed by atoms with Crippen molar-refractivity contribution < 1.29 is 29.0 Å². The molecule has 1 atom stereocenters. The van der Waals surface area contributed by atoms with E-state index in [4.69, 9.17) is 14.8 Å². The summed E-state index contributed by atoms with van der Waals surface area (Å²) in [6.07, 6.45) is 13.4. The molecule has 0 radical (unpaired) electrons. The Kier molecular flexibility index (Phi) is 10.1. The van der Waals surface area contributed by atoms with Crippen molar-refractivity contribution in [2.75, 3.05) is 31.6 Å². The van der Waals surface area contributed by atoms with E-state index in [1.165, 1.54) is 30.9 Å². The number of benzene rings is 2. The van der Waals surface area contributed by atoms with Crippen molar-refractivity contribution in [2.24, 2.45) is 5.92 Å². The summed E-state index contributed by atoms with van der Waals surface area (Å²) in [5.41, 5.74) is 5.90. The van der Waals surface area contributed by atoms with Crippen LogP contribution in [0.1, 0.15) is 90.8 Å². The predicted molar refractivity (Wildman–Crippen MR) is 206 cm³/mol. The highest BCUT2D eigenvalue weighted by Gasteiger charge is 2.43. The van der Waals surface area contributed by atoms with Crippen molar-refractivity contribution in [3.63, 3.8) is 0 Å². The van der Waals surface area contributed by atoms with Gasteiger partial charge in [0.1, 0.15) is 5.54 Å². The second-order valence-corrected chi connectivity index (χ2v) is 15.3. The molecule has 0 bridgehead atoms. The number of rotatable bonds is 8. The number of hydrogen-bond donors (Lipinski definition) is 3. The van der Waals surface area contributed by atoms with Crippen LogP contribution in [0, 0.1) is 5.92 Å². The average molecular weight is 730 g/mol. The number of carboxylic acid groups (broad SMARTS) is 1. The molecule has 54 heavy (non-hydrogen) atoms. The zero-order chi connectivity index (χ0) is 37.2. The highest BCUT2D eigenvalue weighted by molar-refractivity contribution is 6.06. The number of morpholine rings is 1. The van der Waals surface area contributed by atoms with E-state index in [0.29, 0.717) is 74.8 Å². The number of carbonyl (C=O) groups excluding carboxylic acids is 3. The van der Waals surface area contributed by atoms with Gasteiger partial charge in [0.15, 0.2) is 0 Å². The number of aliphatic carboxylic acids is 1. The lowest BCUT2D eigenvalue weighted by Gasteiger charge is -2.30. The highest BCUT2D eigenvalue weighted by atomic mass is 16.5. The minimum atomic E-state index is -1.07. The van der Waals surface area contributed by atoms with E-state index in [9.17, 15) is 19.2 Å². The maximum absolute atomic E-state index is 14.3. The minimum absolute atomic E-state index is 0.122. The summed E-state index contributed by atoms with van der Waals surface area (Å²) in [6.45, 7) is 2.72. The van der Waals surface area contributed by atoms with Crippen LogP contribution in [0.15, 0.2) is 66.9 Å². The van der Waals surface area contributed by atoms with Gasteiger partial charge < -0.3 is 29.9 Å². The minimum Gasteiger partial charge on any atom is -0.478 e. The molecule has 1 saturated heterocycles. The molecule has 11 nitrogen and oxygen atoms in total. The molecule has 3 N–H and O–H groups in total. The largest absolute Gasteiger partial charge is 0.478 e. The van der Waals surface area contributed by atoms with Gasteiger partial charge in [-0.15, -0.1) is 0 Å². The standard InChI is InChI=1S/C43H47N5O6/c49-36(50)17-12-28-10-14-33(15-11-28)45-42(53)43(18-4-5-19-43)46-40(51)31-13-16-34-35(26-31)48-27-32(41(52)47-21-23-54-24-22-47)25-30-9-6-20-44-38(30)39(48)37(34)29-7-2-1-3-8-29/h6,9-17,20,26,29,32H,1-5,7-8,18-19,21-25,27H2,(H,45,53)(H,46,51)(H,49,50). The van der Waals surface area contributed by atoms with E-state index in [1.807, 2.05) is 29.3 Å². The zero-order valence-corrected chi connectivity index (χ0v) is 30.5. The normalized spacial score (nSPS) is 19.9. The molecule has 4 heterocycles. The number of nitrogens with one attached hydrogen (secondary N) is 2. The molecule has 2 saturated carbocycles. The van der Waals surface area contributed by atoms with Crippen LogP contribution < -0.4 is 10.6 Å². The number of carbonyl (C=O) groups is 4. The molecule has 1 unspecified atom stereocenters. The summed E-state index contributed by atoms with van der Waals surface area (Å²) in [5.74, 6) is -1.44. The lowest BCUT2D eigenvalue weighted by molar-refractivity contribution is -0.140. The first-order valence-corrected chi connectivity index (χ1v) is 19.4. The Balaban J connectivity index is 1.14. The fourth-order valence-corrected chi connectivity index (χ4v) is 9.11. The summed E-state index contributed by atoms with van der Waals surface area (Å²) >= 11 is 0. The van der Waals surface area contributed by atoms with Crippen molar-refractivity contribution in [2.45, 2.75) is 82.2 Å². The fraction of sp³-hybridized carbons (Fsp3) is 0.419. The van der Waals surface area contributed by atoms with Gasteiger partial charge in [-0.25, -0.2) is 4.79 Å². The number of anilines is 1. The molecule has 2 aromatic heterocycles. The molecule has 0 spiro atoms. The molecule has 3 amide bonds. The first-order valence-electron chi connectivity index (χ1n) is 19.4. The molecule has 280 valence electrons. The second-order valence-electron chi connectivity index (χ2n) is 15.3. The molecule has 2 aromatic carbocycles. The van der Waals surface area contributed by atoms with Gasteiger partial charge in [-0.1, -0.05) is 56.4 Å². The van der Waals surface area contributed by atoms with Gasteiger partial charge in [0.2, 0.25) is 11.8 Å². The number of carboxylic acids is 1. The molecule has 4 aliphatic rings. The topological polar surface area (TPSA) is 143 Å². The Bertz CT molecular complexity index is 2100. The molecule has 2 aliphatic carbocycles. The smallest absolute Gasteiger partial charge is 0.328 e. The van der Waals surface area contributed by atoms with Gasteiger partial charge in [0.05, 0.1) is 30.5 Å². The van der Waals surface area contributed by atoms with Gasteiger partial charge in [-0.2, -0.15) is 0 Å². The molecular weight excluding hydrogens is 683 g/mol. The number of hydrogen-bond acceptors (Lipinski definition) is 6. The monoisotopic (exact) mass is 729 g/mol. The van der Waals surface area contributed by atoms with Gasteiger partial charge in [0.25, 0.3) is 5.91 Å². The maximum Gasteiger partial charge on any atom is 0.328 e. The Morgan fingerprint density at radius 1 is 0.926 bits per heavy atom. The lowest BCUT2D eigenvalue weighted by atomic mass is 9.82. The van der Waals surface area contributed by atoms with Gasteiger partial charge in [0, 0.05) is 54.1 Å². The van der Waals surface area contributed by atoms with E-state index in [1.54, 1.807) is 24.3 Å². The maximum atomic E-state index is 14.3. The van der Waals surface area contributed by atoms with Crippen molar-refractivity contribution >= 4 is 46.4 Å². The summed E-state index contributed by atoms with van der Waals surface area (Å²) in [5, 5.41) is 16.2. The molecule has 2 aliphatic heterocycles. The van der Waals surface area contributed by atoms with Crippen LogP contribution in [0.25, 0.3) is 28.4 Å². The summed E-state index contributed by atoms with van der Waals surface area (Å²) in [7, 11) is 0. The van der Waals surface area contributed by atoms with Crippen LogP contribution >= 0.6 is 0 Å². The van der Waals surface area contributed by atoms with Crippen LogP contribution in [0.2, 0.25) is 0 Å². The zero-order valence-electron chi connectivity index (χ0n) is 30.5. The van der Waals surface area contributed by atoms with Crippen LogP contribution in [-0.4, -0.2) is 75.1 Å². The first kappa shape index (κ1) is 35.7. The van der Waals surface area contributed by atoms with Crippen molar-refractivity contribution in [1.82, 2.24) is 19.8 Å². The Morgan fingerprint density at radius 3 is 2.43 bits per heavy atom. The fourth-order valence-electron chi connectivity index (χ4n) is 9.11. The number of ether oxygens (including phenoxy) is 1. The van der Waals surface area contributed by atoms with Gasteiger partial charge in [-0.3, -0.25) is 19.4 Å². The summed E-state index contributed by atoms with van der Waals surface area (Å²) in [6, 6.07) is 16.9. The van der Waals surface area contributed by atoms with Gasteiger partial charge >= 0.3 is 5.97 Å². The molecule has 8 rings (SSSR count). The van der Waals surface area contributed by atoms with E-state index in [-0.39, 0.29) is 23.6 Å². The number of aromatic nitrogens is 2. The van der Waals surface area contributed by atoms with E-state index in [0.717, 1.165) is 59.6 Å². The SMILES string of the molecule is O=C(O)C=Cc1ccc(NC(=O)C2(NC(=O)c3ccc4c(C5CCCCC5)c5n(c4c3)CC(C(=O)N3CCOCC3)Cc3cccnc3-5)CCCC2)cc1. The molecule has 3 fully saturated rings. The van der Waals surface area contributed by atoms with Crippen LogP contribution in [0.3, 0.4) is 0 Å². The van der Waals surface area contributed by atoms with Crippen LogP contribution in [0.4, 0.5) is 5.69 Å². The first-order chi connectivity index (χ1) is 26.3. The van der Waals surface area contributed by atoms with E-state index < -0.39 is 11.5 Å². The van der Waals surface area contributed by atoms with Crippen molar-refractivity contribution in [3.8, 4) is 11.4 Å². The Morgan fingerprint density at radius 2 is 1.69 bits per heavy atom. The van der Waals surface area contributed by atoms with Crippen molar-refractivity contribution in [1.29, 1.82) is 0 Å². The summed E-state index contributed by atoms with van der Waals surface area (Å²) < 4.78 is 7.83. The van der Waals surface area contributed by atoms with Crippen LogP contribution in [-0.2, 0) is 32.1 Å². The quantitative estimate of drug-likeness (QED) is 0.174. The predicted octanol–water partition coefficient (Wildman–Crippen LogP) is 6.56. The third-order valence-corrected chi connectivity index (χ3v) is 11.9. The van der Waals surface area contributed by atoms with E-state index in [2.05, 4.69) is 27.3 Å². The highest BCUT2D eigenvalue weighted by Crippen LogP contribution is 2.46. The Labute approximate surface area is 314 Å². The average Bonchev–Trinajstić information content (AvgIpc) is 3.76. The third kappa shape index (κ3) is 7.04. The lowest BCUT2D eigenvalue weighted by Crippen LogP contribution is -2.55. The number of pyridine rings is 1. The van der Waals surface area contributed by atoms with E-state index >= 15 is 0 Å². The van der Waals surface area contributed by atoms with Crippen molar-refractivity contribution in [3.05, 3.63) is 89.1 Å². The number of fused-ring (bicyclic) bond motifs is 5. The molecular formula is C43H47N5O6. The molecule has 11 heteroatoms. The third-order valence-electron chi connectivity index (χ3n) is 11.9. The number of amides is 3. The number of nitrogens with zero attached hydrogens (tertiary/aromatic N) is 3. The Hall–Kier alpha value is -5.29. The molecule has 4 aromatic rings. The summed E-state index contributed by atoms with van der Waals surface area (Å²) in [4.78, 5) is 60.1.